The number of rotatable bonds is 8. The fraction of sp³-hybridized carbons (Fsp3) is 0.316. The summed E-state index contributed by atoms with van der Waals surface area (Å²) in [6.07, 6.45) is 0.548. The zero-order valence-electron chi connectivity index (χ0n) is 14.5. The third-order valence-corrected chi connectivity index (χ3v) is 5.20. The van der Waals surface area contributed by atoms with Gasteiger partial charge < -0.3 is 15.2 Å². The molecule has 4 nitrogen and oxygen atoms in total. The van der Waals surface area contributed by atoms with E-state index >= 15 is 0 Å². The molecule has 0 aromatic heterocycles. The third-order valence-electron chi connectivity index (χ3n) is 3.58. The van der Waals surface area contributed by atoms with Crippen LogP contribution in [0.5, 0.6) is 5.75 Å². The highest BCUT2D eigenvalue weighted by Gasteiger charge is 2.13. The van der Waals surface area contributed by atoms with Crippen LogP contribution in [-0.4, -0.2) is 17.1 Å². The number of hydrogen-bond donors (Lipinski definition) is 2. The molecule has 2 N–H and O–H groups in total. The fourth-order valence-corrected chi connectivity index (χ4v) is 4.15. The van der Waals surface area contributed by atoms with Gasteiger partial charge in [-0.15, -0.1) is 0 Å². The Morgan fingerprint density at radius 1 is 1.27 bits per heavy atom. The molecule has 0 aliphatic rings. The summed E-state index contributed by atoms with van der Waals surface area (Å²) in [4.78, 5) is 10.7. The summed E-state index contributed by atoms with van der Waals surface area (Å²) < 4.78 is 7.48. The molecule has 0 spiro atoms. The molecule has 0 amide bonds. The molecule has 0 bridgehead atoms. The van der Waals surface area contributed by atoms with Crippen molar-refractivity contribution in [1.29, 1.82) is 0 Å². The molecule has 7 heteroatoms. The largest absolute Gasteiger partial charge is 0.486 e. The molecule has 0 atom stereocenters. The van der Waals surface area contributed by atoms with Crippen LogP contribution in [0.25, 0.3) is 0 Å². The minimum atomic E-state index is -0.817. The number of halogens is 3. The van der Waals surface area contributed by atoms with E-state index < -0.39 is 5.97 Å². The Hall–Kier alpha value is -1.24. The van der Waals surface area contributed by atoms with Gasteiger partial charge in [0.1, 0.15) is 12.4 Å². The first-order valence-corrected chi connectivity index (χ1v) is 10.1. The maximum absolute atomic E-state index is 10.7. The molecule has 2 rings (SSSR count). The zero-order valence-corrected chi connectivity index (χ0v) is 18.4. The van der Waals surface area contributed by atoms with Crippen LogP contribution in [0.15, 0.2) is 39.3 Å². The van der Waals surface area contributed by atoms with Crippen LogP contribution in [0.2, 0.25) is 5.02 Å². The topological polar surface area (TPSA) is 58.6 Å². The lowest BCUT2D eigenvalue weighted by Gasteiger charge is -2.16. The highest BCUT2D eigenvalue weighted by Crippen LogP contribution is 2.36. The van der Waals surface area contributed by atoms with Gasteiger partial charge in [0.05, 0.1) is 19.7 Å². The zero-order chi connectivity index (χ0) is 19.3. The van der Waals surface area contributed by atoms with Crippen molar-refractivity contribution < 1.29 is 14.6 Å². The number of carbonyl (C=O) groups is 1. The highest BCUT2D eigenvalue weighted by atomic mass is 79.9. The number of aliphatic carboxylic acids is 1. The number of benzene rings is 2. The van der Waals surface area contributed by atoms with E-state index in [4.69, 9.17) is 21.4 Å². The molecule has 0 heterocycles. The summed E-state index contributed by atoms with van der Waals surface area (Å²) in [6.45, 7) is 4.43. The van der Waals surface area contributed by atoms with Crippen molar-refractivity contribution in [3.63, 3.8) is 0 Å². The second-order valence-electron chi connectivity index (χ2n) is 6.15. The molecule has 0 aliphatic heterocycles. The lowest BCUT2D eigenvalue weighted by molar-refractivity contribution is -0.136. The summed E-state index contributed by atoms with van der Waals surface area (Å²) in [5, 5.41) is 12.8. The fourth-order valence-electron chi connectivity index (χ4n) is 2.41. The van der Waals surface area contributed by atoms with Crippen molar-refractivity contribution in [3.8, 4) is 5.75 Å². The second kappa shape index (κ2) is 9.62. The van der Waals surface area contributed by atoms with Crippen LogP contribution in [0.3, 0.4) is 0 Å². The Labute approximate surface area is 175 Å². The van der Waals surface area contributed by atoms with Crippen LogP contribution in [0, 0.1) is 0 Å². The SMILES string of the molecule is CC(C)Nc1cccc(COc2c(Br)cc(CCC(=O)O)cc2Br)c1Cl. The van der Waals surface area contributed by atoms with Gasteiger partial charge in [0.2, 0.25) is 0 Å². The Bertz CT molecular complexity index is 773. The number of nitrogens with one attached hydrogen (secondary N) is 1. The van der Waals surface area contributed by atoms with Gasteiger partial charge in [-0.05, 0) is 75.9 Å². The van der Waals surface area contributed by atoms with Crippen molar-refractivity contribution in [3.05, 3.63) is 55.4 Å². The van der Waals surface area contributed by atoms with E-state index in [1.54, 1.807) is 0 Å². The quantitative estimate of drug-likeness (QED) is 0.443. The molecule has 0 unspecified atom stereocenters. The average Bonchev–Trinajstić information content (AvgIpc) is 2.55. The second-order valence-corrected chi connectivity index (χ2v) is 8.24. The maximum atomic E-state index is 10.7. The van der Waals surface area contributed by atoms with E-state index in [0.29, 0.717) is 23.8 Å². The summed E-state index contributed by atoms with van der Waals surface area (Å²) in [5.74, 6) is -0.163. The van der Waals surface area contributed by atoms with Crippen molar-refractivity contribution >= 4 is 55.1 Å². The molecule has 26 heavy (non-hydrogen) atoms. The van der Waals surface area contributed by atoms with E-state index in [-0.39, 0.29) is 12.5 Å². The smallest absolute Gasteiger partial charge is 0.303 e. The summed E-state index contributed by atoms with van der Waals surface area (Å²) in [5.41, 5.74) is 2.68. The Morgan fingerprint density at radius 2 is 1.92 bits per heavy atom. The Morgan fingerprint density at radius 3 is 2.50 bits per heavy atom. The number of aryl methyl sites for hydroxylation is 1. The van der Waals surface area contributed by atoms with E-state index in [2.05, 4.69) is 51.0 Å². The van der Waals surface area contributed by atoms with Gasteiger partial charge in [-0.25, -0.2) is 0 Å². The molecular weight excluding hydrogens is 485 g/mol. The van der Waals surface area contributed by atoms with Gasteiger partial charge in [-0.3, -0.25) is 4.79 Å². The summed E-state index contributed by atoms with van der Waals surface area (Å²) >= 11 is 13.5. The molecule has 2 aromatic rings. The minimum Gasteiger partial charge on any atom is -0.486 e. The standard InChI is InChI=1S/C19H20Br2ClNO3/c1-11(2)23-16-5-3-4-13(18(16)22)10-26-19-14(20)8-12(9-15(19)21)6-7-17(24)25/h3-5,8-9,11,23H,6-7,10H2,1-2H3,(H,24,25). The third kappa shape index (κ3) is 5.89. The van der Waals surface area contributed by atoms with Crippen LogP contribution >= 0.6 is 43.5 Å². The summed E-state index contributed by atoms with van der Waals surface area (Å²) in [6, 6.07) is 9.84. The van der Waals surface area contributed by atoms with Crippen LogP contribution in [0.1, 0.15) is 31.4 Å². The number of hydrogen-bond acceptors (Lipinski definition) is 3. The first kappa shape index (κ1) is 21.1. The molecule has 2 aromatic carbocycles. The van der Waals surface area contributed by atoms with Crippen molar-refractivity contribution in [2.45, 2.75) is 39.3 Å². The lowest BCUT2D eigenvalue weighted by atomic mass is 10.1. The van der Waals surface area contributed by atoms with Gasteiger partial charge in [0.25, 0.3) is 0 Å². The number of carboxylic acid groups (broad SMARTS) is 1. The molecule has 0 fully saturated rings. The van der Waals surface area contributed by atoms with Gasteiger partial charge in [0, 0.05) is 18.0 Å². The van der Waals surface area contributed by atoms with E-state index in [1.165, 1.54) is 0 Å². The molecule has 0 aliphatic carbocycles. The predicted octanol–water partition coefficient (Wildman–Crippen LogP) is 6.28. The first-order chi connectivity index (χ1) is 12.3. The number of ether oxygens (including phenoxy) is 1. The van der Waals surface area contributed by atoms with Crippen molar-refractivity contribution in [2.75, 3.05) is 5.32 Å². The van der Waals surface area contributed by atoms with E-state index in [9.17, 15) is 4.79 Å². The van der Waals surface area contributed by atoms with Crippen molar-refractivity contribution in [1.82, 2.24) is 0 Å². The monoisotopic (exact) mass is 503 g/mol. The molecule has 0 radical (unpaired) electrons. The van der Waals surface area contributed by atoms with Gasteiger partial charge in [-0.2, -0.15) is 0 Å². The molecule has 0 saturated carbocycles. The summed E-state index contributed by atoms with van der Waals surface area (Å²) in [7, 11) is 0. The predicted molar refractivity (Wildman–Crippen MR) is 112 cm³/mol. The number of anilines is 1. The average molecular weight is 506 g/mol. The Kier molecular flexibility index (Phi) is 7.80. The molecule has 140 valence electrons. The van der Waals surface area contributed by atoms with Gasteiger partial charge in [0.15, 0.2) is 0 Å². The first-order valence-electron chi connectivity index (χ1n) is 8.14. The van der Waals surface area contributed by atoms with Gasteiger partial charge >= 0.3 is 5.97 Å². The maximum Gasteiger partial charge on any atom is 0.303 e. The number of carboxylic acids is 1. The minimum absolute atomic E-state index is 0.0876. The van der Waals surface area contributed by atoms with Crippen LogP contribution < -0.4 is 10.1 Å². The normalized spacial score (nSPS) is 10.8. The van der Waals surface area contributed by atoms with E-state index in [1.807, 2.05) is 30.3 Å². The van der Waals surface area contributed by atoms with Crippen LogP contribution in [0.4, 0.5) is 5.69 Å². The highest BCUT2D eigenvalue weighted by molar-refractivity contribution is 9.11. The Balaban J connectivity index is 2.13. The van der Waals surface area contributed by atoms with Gasteiger partial charge in [-0.1, -0.05) is 23.7 Å². The molecule has 0 saturated heterocycles. The van der Waals surface area contributed by atoms with Crippen molar-refractivity contribution in [2.24, 2.45) is 0 Å². The van der Waals surface area contributed by atoms with Crippen LogP contribution in [-0.2, 0) is 17.8 Å². The molecular formula is C19H20Br2ClNO3. The van der Waals surface area contributed by atoms with E-state index in [0.717, 1.165) is 25.8 Å². The lowest BCUT2D eigenvalue weighted by Crippen LogP contribution is -2.10.